The van der Waals surface area contributed by atoms with E-state index >= 15 is 0 Å². The lowest BCUT2D eigenvalue weighted by atomic mass is 10.2. The molecule has 0 aromatic carbocycles. The summed E-state index contributed by atoms with van der Waals surface area (Å²) in [5.74, 6) is -0.226. The molecule has 0 spiro atoms. The zero-order valence-corrected chi connectivity index (χ0v) is 13.9. The number of carbonyl (C=O) groups excluding carboxylic acids is 2. The number of amides is 2. The van der Waals surface area contributed by atoms with Gasteiger partial charge >= 0.3 is 6.09 Å². The van der Waals surface area contributed by atoms with Crippen LogP contribution in [0.3, 0.4) is 0 Å². The molecule has 0 radical (unpaired) electrons. The number of rotatable bonds is 5. The first kappa shape index (κ1) is 17.9. The predicted octanol–water partition coefficient (Wildman–Crippen LogP) is 1.91. The van der Waals surface area contributed by atoms with Gasteiger partial charge in [0.25, 0.3) is 5.91 Å². The first-order valence-electron chi connectivity index (χ1n) is 7.32. The Hall–Kier alpha value is -2.18. The van der Waals surface area contributed by atoms with Gasteiger partial charge < -0.3 is 25.7 Å². The molecular weight excluding hydrogens is 284 g/mol. The van der Waals surface area contributed by atoms with E-state index in [1.54, 1.807) is 33.0 Å². The second-order valence-electron chi connectivity index (χ2n) is 6.34. The fourth-order valence-corrected chi connectivity index (χ4v) is 1.86. The van der Waals surface area contributed by atoms with Gasteiger partial charge in [0.2, 0.25) is 0 Å². The minimum atomic E-state index is -0.539. The Balaban J connectivity index is 2.43. The molecule has 1 rings (SSSR count). The van der Waals surface area contributed by atoms with Crippen LogP contribution < -0.4 is 16.4 Å². The quantitative estimate of drug-likeness (QED) is 0.723. The summed E-state index contributed by atoms with van der Waals surface area (Å²) in [5, 5.41) is 5.32. The number of nitrogen functional groups attached to an aromatic ring is 1. The summed E-state index contributed by atoms with van der Waals surface area (Å²) in [5.41, 5.74) is 6.25. The van der Waals surface area contributed by atoms with Gasteiger partial charge in [0, 0.05) is 25.3 Å². The van der Waals surface area contributed by atoms with Crippen molar-refractivity contribution in [3.05, 3.63) is 18.0 Å². The van der Waals surface area contributed by atoms with Crippen LogP contribution in [0, 0.1) is 0 Å². The fraction of sp³-hybridized carbons (Fsp3) is 0.600. The highest BCUT2D eigenvalue weighted by atomic mass is 16.6. The highest BCUT2D eigenvalue weighted by Crippen LogP contribution is 2.16. The maximum absolute atomic E-state index is 12.1. The van der Waals surface area contributed by atoms with E-state index in [0.29, 0.717) is 24.5 Å². The van der Waals surface area contributed by atoms with E-state index in [0.717, 1.165) is 0 Å². The van der Waals surface area contributed by atoms with Crippen molar-refractivity contribution in [3.8, 4) is 0 Å². The van der Waals surface area contributed by atoms with Gasteiger partial charge in [-0.05, 0) is 40.7 Å². The summed E-state index contributed by atoms with van der Waals surface area (Å²) in [6, 6.07) is 1.77. The van der Waals surface area contributed by atoms with Crippen LogP contribution in [0.15, 0.2) is 12.3 Å². The number of hydrogen-bond acceptors (Lipinski definition) is 4. The van der Waals surface area contributed by atoms with Crippen molar-refractivity contribution in [2.45, 2.75) is 46.3 Å². The van der Waals surface area contributed by atoms with Gasteiger partial charge in [0.15, 0.2) is 0 Å². The molecule has 1 heterocycles. The lowest BCUT2D eigenvalue weighted by Crippen LogP contribution is -2.38. The van der Waals surface area contributed by atoms with E-state index < -0.39 is 11.7 Å². The van der Waals surface area contributed by atoms with Crippen LogP contribution >= 0.6 is 0 Å². The van der Waals surface area contributed by atoms with Crippen molar-refractivity contribution in [1.82, 2.24) is 15.2 Å². The molecule has 124 valence electrons. The molecule has 0 unspecified atom stereocenters. The largest absolute Gasteiger partial charge is 0.444 e. The van der Waals surface area contributed by atoms with Gasteiger partial charge in [-0.15, -0.1) is 0 Å². The molecule has 0 bridgehead atoms. The molecule has 0 saturated carbocycles. The van der Waals surface area contributed by atoms with E-state index in [9.17, 15) is 9.59 Å². The Bertz CT molecular complexity index is 529. The van der Waals surface area contributed by atoms with Crippen molar-refractivity contribution in [2.24, 2.45) is 0 Å². The molecule has 2 amide bonds. The monoisotopic (exact) mass is 310 g/mol. The summed E-state index contributed by atoms with van der Waals surface area (Å²) in [6.07, 6.45) is 1.23. The summed E-state index contributed by atoms with van der Waals surface area (Å²) in [6.45, 7) is 9.91. The highest BCUT2D eigenvalue weighted by Gasteiger charge is 2.16. The van der Waals surface area contributed by atoms with Gasteiger partial charge in [-0.1, -0.05) is 0 Å². The van der Waals surface area contributed by atoms with Crippen LogP contribution in [0.2, 0.25) is 0 Å². The van der Waals surface area contributed by atoms with E-state index in [2.05, 4.69) is 10.6 Å². The van der Waals surface area contributed by atoms with Crippen molar-refractivity contribution in [2.75, 3.05) is 18.8 Å². The molecule has 7 heteroatoms. The highest BCUT2D eigenvalue weighted by molar-refractivity contribution is 5.93. The Labute approximate surface area is 131 Å². The van der Waals surface area contributed by atoms with Crippen LogP contribution in [0.4, 0.5) is 10.5 Å². The average molecular weight is 310 g/mol. The number of ether oxygens (including phenoxy) is 1. The predicted molar refractivity (Wildman–Crippen MR) is 85.8 cm³/mol. The molecule has 22 heavy (non-hydrogen) atoms. The third kappa shape index (κ3) is 5.67. The number of hydrogen-bond donors (Lipinski definition) is 3. The summed E-state index contributed by atoms with van der Waals surface area (Å²) in [7, 11) is 0. The molecule has 0 aliphatic heterocycles. The number of aromatic nitrogens is 1. The third-order valence-electron chi connectivity index (χ3n) is 2.74. The maximum atomic E-state index is 12.1. The molecule has 0 aliphatic carbocycles. The molecule has 4 N–H and O–H groups in total. The standard InChI is InChI=1S/C15H26N4O3/c1-10(2)19-9-11(16)8-12(19)13(20)17-6-7-18-14(21)22-15(3,4)5/h8-10H,6-7,16H2,1-5H3,(H,17,20)(H,18,21). The number of anilines is 1. The minimum absolute atomic E-state index is 0.137. The van der Waals surface area contributed by atoms with E-state index in [1.165, 1.54) is 0 Å². The lowest BCUT2D eigenvalue weighted by molar-refractivity contribution is 0.0526. The zero-order chi connectivity index (χ0) is 16.9. The van der Waals surface area contributed by atoms with E-state index in [1.807, 2.05) is 18.4 Å². The van der Waals surface area contributed by atoms with Crippen molar-refractivity contribution >= 4 is 17.7 Å². The molecule has 1 aromatic heterocycles. The second kappa shape index (κ2) is 7.20. The smallest absolute Gasteiger partial charge is 0.407 e. The SMILES string of the molecule is CC(C)n1cc(N)cc1C(=O)NCCNC(=O)OC(C)(C)C. The molecule has 0 saturated heterocycles. The summed E-state index contributed by atoms with van der Waals surface area (Å²) < 4.78 is 6.91. The molecule has 0 aliphatic rings. The van der Waals surface area contributed by atoms with Gasteiger partial charge in [-0.25, -0.2) is 4.79 Å². The topological polar surface area (TPSA) is 98.4 Å². The van der Waals surface area contributed by atoms with Gasteiger partial charge in [-0.3, -0.25) is 4.79 Å². The number of nitrogens with two attached hydrogens (primary N) is 1. The average Bonchev–Trinajstić information content (AvgIpc) is 2.74. The minimum Gasteiger partial charge on any atom is -0.444 e. The third-order valence-corrected chi connectivity index (χ3v) is 2.74. The Morgan fingerprint density at radius 2 is 1.86 bits per heavy atom. The first-order valence-corrected chi connectivity index (χ1v) is 7.32. The maximum Gasteiger partial charge on any atom is 0.407 e. The van der Waals surface area contributed by atoms with Crippen LogP contribution in [0.5, 0.6) is 0 Å². The van der Waals surface area contributed by atoms with Crippen LogP contribution in [0.1, 0.15) is 51.1 Å². The molecular formula is C15H26N4O3. The van der Waals surface area contributed by atoms with Crippen molar-refractivity contribution < 1.29 is 14.3 Å². The Morgan fingerprint density at radius 3 is 2.41 bits per heavy atom. The fourth-order valence-electron chi connectivity index (χ4n) is 1.86. The summed E-state index contributed by atoms with van der Waals surface area (Å²) in [4.78, 5) is 23.6. The van der Waals surface area contributed by atoms with Gasteiger partial charge in [-0.2, -0.15) is 0 Å². The van der Waals surface area contributed by atoms with Gasteiger partial charge in [0.05, 0.1) is 5.69 Å². The first-order chi connectivity index (χ1) is 10.1. The normalized spacial score (nSPS) is 11.4. The second-order valence-corrected chi connectivity index (χ2v) is 6.34. The molecule has 7 nitrogen and oxygen atoms in total. The van der Waals surface area contributed by atoms with Crippen molar-refractivity contribution in [3.63, 3.8) is 0 Å². The molecule has 0 atom stereocenters. The van der Waals surface area contributed by atoms with E-state index in [-0.39, 0.29) is 11.9 Å². The molecule has 1 aromatic rings. The number of nitrogens with zero attached hydrogens (tertiary/aromatic N) is 1. The van der Waals surface area contributed by atoms with Crippen LogP contribution in [-0.2, 0) is 4.74 Å². The van der Waals surface area contributed by atoms with E-state index in [4.69, 9.17) is 10.5 Å². The summed E-state index contributed by atoms with van der Waals surface area (Å²) >= 11 is 0. The Morgan fingerprint density at radius 1 is 1.27 bits per heavy atom. The number of nitrogens with one attached hydrogen (secondary N) is 2. The van der Waals surface area contributed by atoms with Crippen molar-refractivity contribution in [1.29, 1.82) is 0 Å². The zero-order valence-electron chi connectivity index (χ0n) is 13.9. The number of carbonyl (C=O) groups is 2. The number of alkyl carbamates (subject to hydrolysis) is 1. The lowest BCUT2D eigenvalue weighted by Gasteiger charge is -2.19. The van der Waals surface area contributed by atoms with Crippen LogP contribution in [-0.4, -0.2) is 35.3 Å². The molecule has 0 fully saturated rings. The van der Waals surface area contributed by atoms with Gasteiger partial charge in [0.1, 0.15) is 11.3 Å². The van der Waals surface area contributed by atoms with Crippen LogP contribution in [0.25, 0.3) is 0 Å². The Kier molecular flexibility index (Phi) is 5.84.